The Morgan fingerprint density at radius 3 is 1.38 bits per heavy atom. The summed E-state index contributed by atoms with van der Waals surface area (Å²) in [7, 11) is -21.0. The normalized spacial score (nSPS) is 14.2. The van der Waals surface area contributed by atoms with E-state index in [4.69, 9.17) is 5.26 Å². The molecule has 0 aliphatic heterocycles. The van der Waals surface area contributed by atoms with Crippen LogP contribution < -0.4 is 0 Å². The summed E-state index contributed by atoms with van der Waals surface area (Å²) in [5.41, 5.74) is -13.5. The highest BCUT2D eigenvalue weighted by Crippen LogP contribution is 2.40. The molecule has 0 amide bonds. The number of halogens is 6. The van der Waals surface area contributed by atoms with Gasteiger partial charge in [0, 0.05) is 0 Å². The fraction of sp³-hybridized carbons (Fsp3) is 0.300. The van der Waals surface area contributed by atoms with Gasteiger partial charge >= 0.3 is 11.0 Å². The van der Waals surface area contributed by atoms with Gasteiger partial charge in [-0.25, -0.2) is 25.3 Å². The Bertz CT molecular complexity index is 1000. The van der Waals surface area contributed by atoms with Crippen molar-refractivity contribution in [1.29, 1.82) is 5.26 Å². The molecule has 0 N–H and O–H groups in total. The van der Waals surface area contributed by atoms with E-state index in [1.165, 1.54) is 6.07 Å². The lowest BCUT2D eigenvalue weighted by Gasteiger charge is -2.21. The van der Waals surface area contributed by atoms with Crippen molar-refractivity contribution in [2.45, 2.75) is 19.8 Å². The fourth-order valence-electron chi connectivity index (χ4n) is 1.55. The van der Waals surface area contributed by atoms with Crippen LogP contribution in [0.4, 0.5) is 26.3 Å². The van der Waals surface area contributed by atoms with E-state index in [0.717, 1.165) is 0 Å². The minimum atomic E-state index is -7.36. The third kappa shape index (κ3) is 3.64. The van der Waals surface area contributed by atoms with Gasteiger partial charge in [0.2, 0.25) is 9.84 Å². The molecule has 7 nitrogen and oxygen atoms in total. The summed E-state index contributed by atoms with van der Waals surface area (Å²) < 4.78 is 141. The third-order valence-corrected chi connectivity index (χ3v) is 11.0. The van der Waals surface area contributed by atoms with Crippen LogP contribution >= 0.6 is 0 Å². The number of nitriles is 1. The summed E-state index contributed by atoms with van der Waals surface area (Å²) in [5.74, 6) is 0. The highest BCUT2D eigenvalue weighted by Gasteiger charge is 2.68. The van der Waals surface area contributed by atoms with Crippen LogP contribution in [0.1, 0.15) is 5.56 Å². The monoisotopic (exact) mass is 445 g/mol. The van der Waals surface area contributed by atoms with E-state index < -0.39 is 49.3 Å². The van der Waals surface area contributed by atoms with Crippen molar-refractivity contribution in [1.82, 2.24) is 0 Å². The molecule has 0 aliphatic carbocycles. The third-order valence-electron chi connectivity index (χ3n) is 2.72. The molecule has 0 unspecified atom stereocenters. The van der Waals surface area contributed by atoms with Gasteiger partial charge in [0.15, 0.2) is 0 Å². The second kappa shape index (κ2) is 6.39. The maximum absolute atomic E-state index is 12.6. The predicted octanol–water partition coefficient (Wildman–Crippen LogP) is 1.48. The molecule has 16 heteroatoms. The van der Waals surface area contributed by atoms with E-state index >= 15 is 0 Å². The van der Waals surface area contributed by atoms with Gasteiger partial charge in [-0.1, -0.05) is 0 Å². The molecule has 0 radical (unpaired) electrons. The Labute approximate surface area is 142 Å². The minimum absolute atomic E-state index is 0.280. The van der Waals surface area contributed by atoms with E-state index in [1.807, 2.05) is 0 Å². The topological polar surface area (TPSA) is 126 Å². The van der Waals surface area contributed by atoms with E-state index in [0.29, 0.717) is 24.3 Å². The van der Waals surface area contributed by atoms with Gasteiger partial charge in [0.1, 0.15) is 0 Å². The van der Waals surface area contributed by atoms with Crippen LogP contribution in [0.15, 0.2) is 29.2 Å². The van der Waals surface area contributed by atoms with Crippen molar-refractivity contribution < 1.29 is 51.6 Å². The van der Waals surface area contributed by atoms with Gasteiger partial charge in [-0.2, -0.15) is 31.6 Å². The first kappa shape index (κ1) is 22.2. The lowest BCUT2D eigenvalue weighted by Crippen LogP contribution is -2.49. The van der Waals surface area contributed by atoms with Crippen molar-refractivity contribution in [2.24, 2.45) is 0 Å². The lowest BCUT2D eigenvalue weighted by molar-refractivity contribution is -0.0462. The van der Waals surface area contributed by atoms with E-state index in [-0.39, 0.29) is 5.56 Å². The van der Waals surface area contributed by atoms with Crippen LogP contribution in [0.2, 0.25) is 0 Å². The van der Waals surface area contributed by atoms with E-state index in [2.05, 4.69) is 0 Å². The zero-order chi connectivity index (χ0) is 20.8. The molecule has 0 aromatic heterocycles. The van der Waals surface area contributed by atoms with Crippen LogP contribution in [-0.2, 0) is 29.5 Å². The molecule has 0 aliphatic rings. The largest absolute Gasteiger partial charge is 0.499 e. The van der Waals surface area contributed by atoms with Gasteiger partial charge < -0.3 is 0 Å². The molecule has 0 bridgehead atoms. The number of sulfone groups is 3. The van der Waals surface area contributed by atoms with E-state index in [1.54, 1.807) is 0 Å². The molecule has 0 fully saturated rings. The van der Waals surface area contributed by atoms with Gasteiger partial charge in [0.25, 0.3) is 23.6 Å². The number of nitrogens with zero attached hydrogens (tertiary/aromatic N) is 1. The van der Waals surface area contributed by atoms with Crippen molar-refractivity contribution in [2.75, 3.05) is 0 Å². The summed E-state index contributed by atoms with van der Waals surface area (Å²) in [4.78, 5) is -1.47. The summed E-state index contributed by atoms with van der Waals surface area (Å²) in [6.07, 6.45) is 0. The summed E-state index contributed by atoms with van der Waals surface area (Å²) >= 11 is 0. The average molecular weight is 445 g/mol. The number of rotatable bonds is 4. The van der Waals surface area contributed by atoms with Crippen LogP contribution in [0.5, 0.6) is 0 Å². The maximum Gasteiger partial charge on any atom is 0.499 e. The predicted molar refractivity (Wildman–Crippen MR) is 72.1 cm³/mol. The second-order valence-electron chi connectivity index (χ2n) is 4.45. The van der Waals surface area contributed by atoms with Crippen molar-refractivity contribution >= 4 is 29.5 Å². The highest BCUT2D eigenvalue weighted by atomic mass is 32.3. The Balaban J connectivity index is 3.90. The van der Waals surface area contributed by atoms with E-state index in [9.17, 15) is 51.6 Å². The van der Waals surface area contributed by atoms with Gasteiger partial charge in [0.05, 0.1) is 16.5 Å². The average Bonchev–Trinajstić information content (AvgIpc) is 2.44. The first-order valence-electron chi connectivity index (χ1n) is 5.75. The van der Waals surface area contributed by atoms with Crippen LogP contribution in [0.25, 0.3) is 0 Å². The molecule has 26 heavy (non-hydrogen) atoms. The Morgan fingerprint density at radius 2 is 1.12 bits per heavy atom. The molecule has 0 spiro atoms. The highest BCUT2D eigenvalue weighted by molar-refractivity contribution is 8.24. The van der Waals surface area contributed by atoms with Crippen LogP contribution in [0.3, 0.4) is 0 Å². The molecule has 1 rings (SSSR count). The molecular weight excluding hydrogens is 440 g/mol. The second-order valence-corrected chi connectivity index (χ2v) is 11.4. The van der Waals surface area contributed by atoms with Gasteiger partial charge in [-0.15, -0.1) is 0 Å². The SMILES string of the molecule is N#Cc1ccc(S(=O)(=O)C(S(=O)(=O)C(F)(F)F)S(=O)(=O)C(F)(F)F)cc1. The lowest BCUT2D eigenvalue weighted by atomic mass is 10.2. The molecule has 0 saturated heterocycles. The molecule has 1 aromatic carbocycles. The number of hydrogen-bond donors (Lipinski definition) is 0. The standard InChI is InChI=1S/C10H5F6NO6S3/c11-9(12,13)25(20,21)8(26(22,23)10(14,15)16)24(18,19)7-3-1-6(5-17)2-4-7/h1-4,8H. The first-order chi connectivity index (χ1) is 11.4. The molecule has 0 atom stereocenters. The maximum atomic E-state index is 12.6. The van der Waals surface area contributed by atoms with Crippen molar-refractivity contribution in [3.8, 4) is 6.07 Å². The molecule has 146 valence electrons. The quantitative estimate of drug-likeness (QED) is 0.643. The zero-order valence-corrected chi connectivity index (χ0v) is 14.2. The molecular formula is C10H5F6NO6S3. The van der Waals surface area contributed by atoms with Crippen LogP contribution in [0, 0.1) is 11.3 Å². The minimum Gasteiger partial charge on any atom is -0.221 e. The Kier molecular flexibility index (Phi) is 5.45. The molecule has 0 saturated carbocycles. The summed E-state index contributed by atoms with van der Waals surface area (Å²) in [6.45, 7) is 0. The number of alkyl halides is 6. The number of hydrogen-bond acceptors (Lipinski definition) is 7. The summed E-state index contributed by atoms with van der Waals surface area (Å²) in [6, 6.07) is 3.32. The first-order valence-corrected chi connectivity index (χ1v) is 10.4. The zero-order valence-electron chi connectivity index (χ0n) is 11.8. The van der Waals surface area contributed by atoms with Crippen LogP contribution in [-0.4, -0.2) is 40.2 Å². The van der Waals surface area contributed by atoms with Gasteiger partial charge in [-0.3, -0.25) is 0 Å². The van der Waals surface area contributed by atoms with Gasteiger partial charge in [-0.05, 0) is 24.3 Å². The Morgan fingerprint density at radius 1 is 0.769 bits per heavy atom. The van der Waals surface area contributed by atoms with Crippen molar-refractivity contribution in [3.05, 3.63) is 29.8 Å². The molecule has 1 aromatic rings. The fourth-order valence-corrected chi connectivity index (χ4v) is 8.70. The number of benzene rings is 1. The smallest absolute Gasteiger partial charge is 0.221 e. The Hall–Kier alpha value is -1.86. The summed E-state index contributed by atoms with van der Waals surface area (Å²) in [5, 5.41) is 8.52. The molecule has 0 heterocycles. The van der Waals surface area contributed by atoms with Crippen molar-refractivity contribution in [3.63, 3.8) is 0 Å².